The molecule has 0 fully saturated rings. The van der Waals surface area contributed by atoms with Crippen LogP contribution in [0, 0.1) is 0 Å². The van der Waals surface area contributed by atoms with Crippen molar-refractivity contribution in [2.24, 2.45) is 5.73 Å². The minimum atomic E-state index is 0. The lowest BCUT2D eigenvalue weighted by molar-refractivity contribution is 1.07. The van der Waals surface area contributed by atoms with Gasteiger partial charge in [0, 0.05) is 11.0 Å². The molecule has 1 rings (SSSR count). The molecular weight excluding hydrogens is 190 g/mol. The van der Waals surface area contributed by atoms with Crippen LogP contribution in [0.5, 0.6) is 0 Å². The number of halogens is 1. The highest BCUT2D eigenvalue weighted by Crippen LogP contribution is 2.09. The van der Waals surface area contributed by atoms with E-state index in [1.165, 1.54) is 5.56 Å². The Morgan fingerprint density at radius 3 is 2.10 bits per heavy atom. The summed E-state index contributed by atoms with van der Waals surface area (Å²) in [6, 6.07) is 7.98. The molecule has 0 bridgehead atoms. The maximum absolute atomic E-state index is 5.38. The summed E-state index contributed by atoms with van der Waals surface area (Å²) >= 11 is 3.33. The fraction of sp³-hybridized carbons (Fsp3) is 0.250. The van der Waals surface area contributed by atoms with Crippen molar-refractivity contribution in [1.29, 1.82) is 0 Å². The van der Waals surface area contributed by atoms with Crippen molar-refractivity contribution in [2.75, 3.05) is 0 Å². The lowest BCUT2D eigenvalue weighted by Crippen LogP contribution is -1.94. The minimum absolute atomic E-state index is 0. The highest BCUT2D eigenvalue weighted by Gasteiger charge is 1.86. The Hall–Kier alpha value is -0.340. The van der Waals surface area contributed by atoms with Crippen molar-refractivity contribution in [3.8, 4) is 0 Å². The fourth-order valence-corrected chi connectivity index (χ4v) is 0.885. The Labute approximate surface area is 70.4 Å². The molecule has 2 heteroatoms. The van der Waals surface area contributed by atoms with Crippen LogP contribution in [-0.4, -0.2) is 0 Å². The van der Waals surface area contributed by atoms with Gasteiger partial charge in [-0.1, -0.05) is 35.5 Å². The molecule has 0 saturated carbocycles. The van der Waals surface area contributed by atoms with Crippen LogP contribution in [0.4, 0.5) is 0 Å². The molecule has 0 amide bonds. The zero-order valence-corrected chi connectivity index (χ0v) is 6.56. The van der Waals surface area contributed by atoms with Crippen LogP contribution in [0.3, 0.4) is 0 Å². The molecule has 0 aromatic heterocycles. The Morgan fingerprint density at radius 1 is 1.20 bits per heavy atom. The zero-order valence-electron chi connectivity index (χ0n) is 4.97. The molecule has 1 nitrogen and oxygen atoms in total. The molecule has 0 radical (unpaired) electrons. The summed E-state index contributed by atoms with van der Waals surface area (Å²) in [7, 11) is 0. The number of hydrogen-bond donors (Lipinski definition) is 1. The van der Waals surface area contributed by atoms with E-state index in [1.54, 1.807) is 0 Å². The summed E-state index contributed by atoms with van der Waals surface area (Å²) in [6.45, 7) is 0.618. The van der Waals surface area contributed by atoms with E-state index in [9.17, 15) is 0 Å². The predicted octanol–water partition coefficient (Wildman–Crippen LogP) is 2.54. The van der Waals surface area contributed by atoms with Gasteiger partial charge in [0.1, 0.15) is 0 Å². The highest BCUT2D eigenvalue weighted by atomic mass is 79.9. The Balaban J connectivity index is 0.000000810. The van der Waals surface area contributed by atoms with Gasteiger partial charge in [0.05, 0.1) is 0 Å². The van der Waals surface area contributed by atoms with E-state index in [2.05, 4.69) is 15.9 Å². The normalized spacial score (nSPS) is 8.60. The van der Waals surface area contributed by atoms with Gasteiger partial charge in [0.25, 0.3) is 0 Å². The molecule has 1 aromatic rings. The van der Waals surface area contributed by atoms with E-state index in [0.29, 0.717) is 6.54 Å². The van der Waals surface area contributed by atoms with Crippen LogP contribution in [0.15, 0.2) is 28.7 Å². The van der Waals surface area contributed by atoms with Gasteiger partial charge in [-0.15, -0.1) is 0 Å². The SMILES string of the molecule is C.NCc1ccc(Br)cc1. The monoisotopic (exact) mass is 201 g/mol. The number of nitrogens with two attached hydrogens (primary N) is 1. The lowest BCUT2D eigenvalue weighted by Gasteiger charge is -1.93. The van der Waals surface area contributed by atoms with E-state index < -0.39 is 0 Å². The van der Waals surface area contributed by atoms with Crippen LogP contribution in [0.1, 0.15) is 13.0 Å². The van der Waals surface area contributed by atoms with Crippen LogP contribution in [-0.2, 0) is 6.54 Å². The molecule has 56 valence electrons. The standard InChI is InChI=1S/C7H8BrN.CH4/c8-7-3-1-6(5-9)2-4-7;/h1-4H,5,9H2;1H4. The van der Waals surface area contributed by atoms with Gasteiger partial charge in [-0.25, -0.2) is 0 Å². The number of hydrogen-bond acceptors (Lipinski definition) is 1. The van der Waals surface area contributed by atoms with Crippen molar-refractivity contribution in [3.05, 3.63) is 34.3 Å². The predicted molar refractivity (Wildman–Crippen MR) is 48.8 cm³/mol. The van der Waals surface area contributed by atoms with Gasteiger partial charge in [-0.05, 0) is 17.7 Å². The lowest BCUT2D eigenvalue weighted by atomic mass is 10.2. The Bertz CT molecular complexity index is 181. The van der Waals surface area contributed by atoms with Gasteiger partial charge < -0.3 is 5.73 Å². The molecule has 0 saturated heterocycles. The second kappa shape index (κ2) is 4.47. The van der Waals surface area contributed by atoms with Crippen molar-refractivity contribution >= 4 is 15.9 Å². The smallest absolute Gasteiger partial charge is 0.0178 e. The summed E-state index contributed by atoms with van der Waals surface area (Å²) in [5.74, 6) is 0. The Kier molecular flexibility index (Phi) is 4.32. The maximum Gasteiger partial charge on any atom is 0.0178 e. The number of rotatable bonds is 1. The van der Waals surface area contributed by atoms with E-state index in [4.69, 9.17) is 5.73 Å². The molecule has 0 aliphatic rings. The highest BCUT2D eigenvalue weighted by molar-refractivity contribution is 9.10. The first kappa shape index (κ1) is 9.66. The largest absolute Gasteiger partial charge is 0.326 e. The van der Waals surface area contributed by atoms with Crippen LogP contribution < -0.4 is 5.73 Å². The van der Waals surface area contributed by atoms with Crippen molar-refractivity contribution in [3.63, 3.8) is 0 Å². The van der Waals surface area contributed by atoms with Gasteiger partial charge >= 0.3 is 0 Å². The zero-order chi connectivity index (χ0) is 6.69. The van der Waals surface area contributed by atoms with Gasteiger partial charge in [0.15, 0.2) is 0 Å². The quantitative estimate of drug-likeness (QED) is 0.743. The Morgan fingerprint density at radius 2 is 1.70 bits per heavy atom. The third-order valence-electron chi connectivity index (χ3n) is 1.15. The van der Waals surface area contributed by atoms with Crippen molar-refractivity contribution in [2.45, 2.75) is 14.0 Å². The molecule has 1 aromatic carbocycles. The minimum Gasteiger partial charge on any atom is -0.326 e. The molecular formula is C8H12BrN. The van der Waals surface area contributed by atoms with E-state index in [-0.39, 0.29) is 7.43 Å². The van der Waals surface area contributed by atoms with Crippen LogP contribution in [0.2, 0.25) is 0 Å². The van der Waals surface area contributed by atoms with E-state index >= 15 is 0 Å². The summed E-state index contributed by atoms with van der Waals surface area (Å²) in [4.78, 5) is 0. The first-order chi connectivity index (χ1) is 4.33. The summed E-state index contributed by atoms with van der Waals surface area (Å²) in [5.41, 5.74) is 6.55. The molecule has 0 atom stereocenters. The third-order valence-corrected chi connectivity index (χ3v) is 1.68. The van der Waals surface area contributed by atoms with Crippen LogP contribution in [0.25, 0.3) is 0 Å². The fourth-order valence-electron chi connectivity index (χ4n) is 0.620. The van der Waals surface area contributed by atoms with Gasteiger partial charge in [-0.2, -0.15) is 0 Å². The summed E-state index contributed by atoms with van der Waals surface area (Å²) < 4.78 is 1.10. The third kappa shape index (κ3) is 2.50. The second-order valence-corrected chi connectivity index (χ2v) is 2.75. The average molecular weight is 202 g/mol. The van der Waals surface area contributed by atoms with Gasteiger partial charge in [0.2, 0.25) is 0 Å². The molecule has 2 N–H and O–H groups in total. The number of benzene rings is 1. The molecule has 0 unspecified atom stereocenters. The summed E-state index contributed by atoms with van der Waals surface area (Å²) in [6.07, 6.45) is 0. The van der Waals surface area contributed by atoms with Crippen molar-refractivity contribution in [1.82, 2.24) is 0 Å². The van der Waals surface area contributed by atoms with E-state index in [0.717, 1.165) is 4.47 Å². The molecule has 10 heavy (non-hydrogen) atoms. The average Bonchev–Trinajstić information content (AvgIpc) is 1.90. The molecule has 0 heterocycles. The van der Waals surface area contributed by atoms with Gasteiger partial charge in [-0.3, -0.25) is 0 Å². The molecule has 0 aliphatic carbocycles. The first-order valence-electron chi connectivity index (χ1n) is 2.77. The molecule has 0 aliphatic heterocycles. The van der Waals surface area contributed by atoms with E-state index in [1.807, 2.05) is 24.3 Å². The van der Waals surface area contributed by atoms with Crippen molar-refractivity contribution < 1.29 is 0 Å². The maximum atomic E-state index is 5.38. The summed E-state index contributed by atoms with van der Waals surface area (Å²) in [5, 5.41) is 0. The van der Waals surface area contributed by atoms with Crippen LogP contribution >= 0.6 is 15.9 Å². The second-order valence-electron chi connectivity index (χ2n) is 1.83. The molecule has 0 spiro atoms. The first-order valence-corrected chi connectivity index (χ1v) is 3.57. The topological polar surface area (TPSA) is 26.0 Å².